The number of nitrogens with one attached hydrogen (secondary N) is 1. The standard InChI is InChI=1S/C19H18N4O4/c1-14-17(6-3-7-18(14)23(25)26)19(24)21-15-4-2-5-16(12-15)27-11-10-22-9-8-20-13-22/h2-9,12-13H,10-11H2,1H3,(H,21,24). The number of carbonyl (C=O) groups is 1. The summed E-state index contributed by atoms with van der Waals surface area (Å²) >= 11 is 0. The van der Waals surface area contributed by atoms with Crippen molar-refractivity contribution >= 4 is 17.3 Å². The average molecular weight is 366 g/mol. The molecule has 0 aliphatic rings. The zero-order valence-corrected chi connectivity index (χ0v) is 14.7. The second-order valence-corrected chi connectivity index (χ2v) is 5.84. The highest BCUT2D eigenvalue weighted by Crippen LogP contribution is 2.23. The van der Waals surface area contributed by atoms with Crippen molar-refractivity contribution < 1.29 is 14.5 Å². The van der Waals surface area contributed by atoms with E-state index in [4.69, 9.17) is 4.74 Å². The van der Waals surface area contributed by atoms with Gasteiger partial charge in [-0.1, -0.05) is 12.1 Å². The molecule has 0 saturated carbocycles. The summed E-state index contributed by atoms with van der Waals surface area (Å²) in [6.45, 7) is 2.67. The Morgan fingerprint density at radius 3 is 2.85 bits per heavy atom. The van der Waals surface area contributed by atoms with E-state index in [1.54, 1.807) is 49.8 Å². The fourth-order valence-electron chi connectivity index (χ4n) is 2.62. The Morgan fingerprint density at radius 1 is 1.30 bits per heavy atom. The number of nitrogens with zero attached hydrogens (tertiary/aromatic N) is 3. The fraction of sp³-hybridized carbons (Fsp3) is 0.158. The molecule has 27 heavy (non-hydrogen) atoms. The van der Waals surface area contributed by atoms with E-state index in [0.717, 1.165) is 0 Å². The first-order valence-corrected chi connectivity index (χ1v) is 8.28. The summed E-state index contributed by atoms with van der Waals surface area (Å²) in [5.41, 5.74) is 1.05. The molecule has 1 heterocycles. The monoisotopic (exact) mass is 366 g/mol. The lowest BCUT2D eigenvalue weighted by Gasteiger charge is -2.10. The van der Waals surface area contributed by atoms with E-state index in [2.05, 4.69) is 10.3 Å². The Bertz CT molecular complexity index is 954. The Hall–Kier alpha value is -3.68. The maximum Gasteiger partial charge on any atom is 0.273 e. The van der Waals surface area contributed by atoms with Gasteiger partial charge in [0.2, 0.25) is 0 Å². The van der Waals surface area contributed by atoms with Crippen molar-refractivity contribution in [1.82, 2.24) is 9.55 Å². The first-order valence-electron chi connectivity index (χ1n) is 8.28. The zero-order chi connectivity index (χ0) is 19.2. The molecule has 0 aliphatic carbocycles. The van der Waals surface area contributed by atoms with E-state index < -0.39 is 10.8 Å². The maximum atomic E-state index is 12.5. The van der Waals surface area contributed by atoms with Crippen LogP contribution in [0, 0.1) is 17.0 Å². The minimum Gasteiger partial charge on any atom is -0.492 e. The van der Waals surface area contributed by atoms with Gasteiger partial charge in [-0.25, -0.2) is 4.98 Å². The van der Waals surface area contributed by atoms with E-state index in [-0.39, 0.29) is 11.3 Å². The van der Waals surface area contributed by atoms with Crippen molar-refractivity contribution in [1.29, 1.82) is 0 Å². The zero-order valence-electron chi connectivity index (χ0n) is 14.7. The van der Waals surface area contributed by atoms with Crippen molar-refractivity contribution in [3.8, 4) is 5.75 Å². The number of nitro benzene ring substituents is 1. The summed E-state index contributed by atoms with van der Waals surface area (Å²) < 4.78 is 7.59. The number of ether oxygens (including phenoxy) is 1. The lowest BCUT2D eigenvalue weighted by atomic mass is 10.1. The molecule has 3 rings (SSSR count). The van der Waals surface area contributed by atoms with Crippen molar-refractivity contribution in [2.24, 2.45) is 0 Å². The fourth-order valence-corrected chi connectivity index (χ4v) is 2.62. The van der Waals surface area contributed by atoms with Gasteiger partial charge < -0.3 is 14.6 Å². The van der Waals surface area contributed by atoms with Crippen LogP contribution in [0.4, 0.5) is 11.4 Å². The number of nitro groups is 1. The van der Waals surface area contributed by atoms with Gasteiger partial charge in [0.15, 0.2) is 0 Å². The minimum absolute atomic E-state index is 0.0840. The highest BCUT2D eigenvalue weighted by atomic mass is 16.6. The van der Waals surface area contributed by atoms with Crippen LogP contribution in [-0.4, -0.2) is 27.0 Å². The molecule has 8 heteroatoms. The number of hydrogen-bond donors (Lipinski definition) is 1. The number of hydrogen-bond acceptors (Lipinski definition) is 5. The van der Waals surface area contributed by atoms with Crippen LogP contribution in [0.15, 0.2) is 61.2 Å². The van der Waals surface area contributed by atoms with Crippen LogP contribution in [0.3, 0.4) is 0 Å². The van der Waals surface area contributed by atoms with Gasteiger partial charge in [0.05, 0.1) is 17.8 Å². The van der Waals surface area contributed by atoms with Crippen LogP contribution in [0.25, 0.3) is 0 Å². The van der Waals surface area contributed by atoms with Gasteiger partial charge in [-0.05, 0) is 25.1 Å². The van der Waals surface area contributed by atoms with E-state index in [0.29, 0.717) is 30.2 Å². The van der Waals surface area contributed by atoms with Gasteiger partial charge in [-0.3, -0.25) is 14.9 Å². The van der Waals surface area contributed by atoms with Crippen LogP contribution in [0.2, 0.25) is 0 Å². The third kappa shape index (κ3) is 4.49. The minimum atomic E-state index is -0.499. The van der Waals surface area contributed by atoms with Crippen LogP contribution in [0.1, 0.15) is 15.9 Å². The summed E-state index contributed by atoms with van der Waals surface area (Å²) in [6, 6.07) is 11.4. The second-order valence-electron chi connectivity index (χ2n) is 5.84. The predicted molar refractivity (Wildman–Crippen MR) is 100.0 cm³/mol. The SMILES string of the molecule is Cc1c(C(=O)Nc2cccc(OCCn3ccnc3)c2)cccc1[N+](=O)[O-]. The summed E-state index contributed by atoms with van der Waals surface area (Å²) in [5.74, 6) is 0.204. The molecule has 0 aliphatic heterocycles. The van der Waals surface area contributed by atoms with Gasteiger partial charge in [0, 0.05) is 41.3 Å². The van der Waals surface area contributed by atoms with Crippen molar-refractivity contribution in [2.45, 2.75) is 13.5 Å². The molecule has 1 N–H and O–H groups in total. The normalized spacial score (nSPS) is 10.4. The molecule has 0 spiro atoms. The molecular formula is C19H18N4O4. The molecule has 0 unspecified atom stereocenters. The molecule has 1 aromatic heterocycles. The van der Waals surface area contributed by atoms with E-state index >= 15 is 0 Å². The number of anilines is 1. The van der Waals surface area contributed by atoms with Crippen molar-refractivity contribution in [3.63, 3.8) is 0 Å². The molecule has 0 saturated heterocycles. The predicted octanol–water partition coefficient (Wildman–Crippen LogP) is 3.43. The summed E-state index contributed by atoms with van der Waals surface area (Å²) in [4.78, 5) is 27.0. The molecule has 0 bridgehead atoms. The molecule has 0 fully saturated rings. The molecule has 2 aromatic carbocycles. The average Bonchev–Trinajstić information content (AvgIpc) is 3.15. The highest BCUT2D eigenvalue weighted by Gasteiger charge is 2.18. The Kier molecular flexibility index (Phi) is 5.46. The van der Waals surface area contributed by atoms with Crippen LogP contribution in [-0.2, 0) is 6.54 Å². The molecule has 0 atom stereocenters. The maximum absolute atomic E-state index is 12.5. The number of carbonyl (C=O) groups excluding carboxylic acids is 1. The number of aromatic nitrogens is 2. The van der Waals surface area contributed by atoms with Crippen LogP contribution < -0.4 is 10.1 Å². The largest absolute Gasteiger partial charge is 0.492 e. The third-order valence-electron chi connectivity index (χ3n) is 4.02. The molecule has 8 nitrogen and oxygen atoms in total. The van der Waals surface area contributed by atoms with E-state index in [9.17, 15) is 14.9 Å². The molecule has 138 valence electrons. The van der Waals surface area contributed by atoms with Crippen LogP contribution in [0.5, 0.6) is 5.75 Å². The van der Waals surface area contributed by atoms with E-state index in [1.807, 2.05) is 10.8 Å². The summed E-state index contributed by atoms with van der Waals surface area (Å²) in [7, 11) is 0. The third-order valence-corrected chi connectivity index (χ3v) is 4.02. The lowest BCUT2D eigenvalue weighted by Crippen LogP contribution is -2.14. The van der Waals surface area contributed by atoms with E-state index in [1.165, 1.54) is 12.1 Å². The highest BCUT2D eigenvalue weighted by molar-refractivity contribution is 6.05. The molecule has 3 aromatic rings. The topological polar surface area (TPSA) is 99.3 Å². The first kappa shape index (κ1) is 18.1. The molecular weight excluding hydrogens is 348 g/mol. The van der Waals surface area contributed by atoms with Gasteiger partial charge in [-0.15, -0.1) is 0 Å². The van der Waals surface area contributed by atoms with Gasteiger partial charge in [0.1, 0.15) is 12.4 Å². The quantitative estimate of drug-likeness (QED) is 0.510. The van der Waals surface area contributed by atoms with Crippen LogP contribution >= 0.6 is 0 Å². The summed E-state index contributed by atoms with van der Waals surface area (Å²) in [6.07, 6.45) is 5.26. The smallest absolute Gasteiger partial charge is 0.273 e. The molecule has 1 amide bonds. The number of benzene rings is 2. The van der Waals surface area contributed by atoms with Gasteiger partial charge in [0.25, 0.3) is 11.6 Å². The Balaban J connectivity index is 1.66. The summed E-state index contributed by atoms with van der Waals surface area (Å²) in [5, 5.41) is 13.8. The van der Waals surface area contributed by atoms with Gasteiger partial charge in [-0.2, -0.15) is 0 Å². The van der Waals surface area contributed by atoms with Crippen molar-refractivity contribution in [3.05, 3.63) is 82.4 Å². The Morgan fingerprint density at radius 2 is 2.11 bits per heavy atom. The second kappa shape index (κ2) is 8.13. The van der Waals surface area contributed by atoms with Gasteiger partial charge >= 0.3 is 0 Å². The number of rotatable bonds is 7. The first-order chi connectivity index (χ1) is 13.0. The lowest BCUT2D eigenvalue weighted by molar-refractivity contribution is -0.385. The Labute approximate surface area is 155 Å². The molecule has 0 radical (unpaired) electrons. The number of amides is 1. The van der Waals surface area contributed by atoms with Crippen molar-refractivity contribution in [2.75, 3.05) is 11.9 Å². The number of imidazole rings is 1.